The summed E-state index contributed by atoms with van der Waals surface area (Å²) in [6.45, 7) is 5.52. The normalized spacial score (nSPS) is 18.9. The van der Waals surface area contributed by atoms with Gasteiger partial charge >= 0.3 is 0 Å². The highest BCUT2D eigenvalue weighted by Crippen LogP contribution is 2.56. The van der Waals surface area contributed by atoms with Crippen LogP contribution in [0.5, 0.6) is 0 Å². The fourth-order valence-corrected chi connectivity index (χ4v) is 8.11. The van der Waals surface area contributed by atoms with Gasteiger partial charge in [-0.3, -0.25) is 0 Å². The van der Waals surface area contributed by atoms with Crippen molar-refractivity contribution < 1.29 is 0 Å². The van der Waals surface area contributed by atoms with Crippen LogP contribution < -0.4 is 15.5 Å². The highest BCUT2D eigenvalue weighted by molar-refractivity contribution is 6.12. The number of nitrogens with zero attached hydrogens (tertiary/aromatic N) is 3. The van der Waals surface area contributed by atoms with Gasteiger partial charge in [0.1, 0.15) is 12.0 Å². The Balaban J connectivity index is 1.31. The van der Waals surface area contributed by atoms with Crippen LogP contribution in [0.2, 0.25) is 0 Å². The smallest absolute Gasteiger partial charge is 0.122 e. The van der Waals surface area contributed by atoms with E-state index in [4.69, 9.17) is 0 Å². The van der Waals surface area contributed by atoms with Crippen molar-refractivity contribution >= 4 is 55.3 Å². The first-order chi connectivity index (χ1) is 23.5. The number of benzene rings is 4. The van der Waals surface area contributed by atoms with Gasteiger partial charge in [-0.2, -0.15) is 0 Å². The first kappa shape index (κ1) is 27.2. The molecule has 0 spiro atoms. The molecule has 1 aliphatic carbocycles. The molecule has 0 amide bonds. The molecule has 1 atom stereocenters. The van der Waals surface area contributed by atoms with Crippen LogP contribution in [-0.4, -0.2) is 15.7 Å². The Morgan fingerprint density at radius 2 is 1.71 bits per heavy atom. The van der Waals surface area contributed by atoms with Crippen LogP contribution in [0.15, 0.2) is 152 Å². The lowest BCUT2D eigenvalue weighted by Crippen LogP contribution is -2.26. The monoisotopic (exact) mass is 621 g/mol. The maximum Gasteiger partial charge on any atom is 0.122 e. The maximum absolute atomic E-state index is 3.57. The second-order valence-corrected chi connectivity index (χ2v) is 13.7. The summed E-state index contributed by atoms with van der Waals surface area (Å²) in [5, 5.41) is 12.0. The van der Waals surface area contributed by atoms with Gasteiger partial charge in [0.05, 0.1) is 16.7 Å². The molecular formula is C43H35N5. The van der Waals surface area contributed by atoms with Gasteiger partial charge in [-0.15, -0.1) is 0 Å². The van der Waals surface area contributed by atoms with E-state index in [1.807, 2.05) is 12.3 Å². The van der Waals surface area contributed by atoms with Gasteiger partial charge in [-0.05, 0) is 94.9 Å². The lowest BCUT2D eigenvalue weighted by molar-refractivity contribution is 0.563. The van der Waals surface area contributed by atoms with Crippen LogP contribution in [0, 0.1) is 5.41 Å². The number of anilines is 2. The summed E-state index contributed by atoms with van der Waals surface area (Å²) in [4.78, 5) is 2.55. The van der Waals surface area contributed by atoms with E-state index < -0.39 is 0 Å². The lowest BCUT2D eigenvalue weighted by atomic mass is 9.88. The summed E-state index contributed by atoms with van der Waals surface area (Å²) in [7, 11) is 0. The largest absolute Gasteiger partial charge is 0.368 e. The lowest BCUT2D eigenvalue weighted by Gasteiger charge is -2.35. The van der Waals surface area contributed by atoms with E-state index in [-0.39, 0.29) is 11.6 Å². The molecule has 10 rings (SSSR count). The van der Waals surface area contributed by atoms with Crippen molar-refractivity contribution in [3.05, 3.63) is 157 Å². The molecule has 2 N–H and O–H groups in total. The molecule has 2 aromatic heterocycles. The summed E-state index contributed by atoms with van der Waals surface area (Å²) in [5.41, 5.74) is 10.9. The third kappa shape index (κ3) is 3.91. The molecule has 5 nitrogen and oxygen atoms in total. The molecule has 6 aromatic rings. The molecule has 5 heterocycles. The Labute approximate surface area is 279 Å². The molecule has 4 aromatic carbocycles. The predicted octanol–water partition coefficient (Wildman–Crippen LogP) is 10.0. The SMILES string of the molecule is CC1(C)C=CC2=C1N(c1ccc3ccccc3c1)c1ccc3c(ccn3C3C=CC=CN3)c1-c1cc3ccn(C4=CC=CCN4)c3cc12. The third-order valence-electron chi connectivity index (χ3n) is 10.4. The third-order valence-corrected chi connectivity index (χ3v) is 10.4. The first-order valence-corrected chi connectivity index (χ1v) is 16.8. The van der Waals surface area contributed by atoms with Crippen molar-refractivity contribution in [2.45, 2.75) is 20.0 Å². The standard InChI is InChI=1S/C43H35N5/c1-43(2)20-17-32-34-27-38-30(18-23-47(38)40-12-6-8-22-45-40)26-35(34)41-33-19-24-46(39-11-5-7-21-44-39)36(33)15-16-37(41)48(42(32)43)31-14-13-28-9-3-4-10-29(28)25-31/h3-21,23-27,39,44-45H,22H2,1-2H3. The van der Waals surface area contributed by atoms with Crippen LogP contribution in [0.4, 0.5) is 11.4 Å². The van der Waals surface area contributed by atoms with E-state index in [1.165, 1.54) is 71.9 Å². The van der Waals surface area contributed by atoms with Gasteiger partial charge in [-0.1, -0.05) is 74.6 Å². The molecule has 0 fully saturated rings. The van der Waals surface area contributed by atoms with Gasteiger partial charge < -0.3 is 24.7 Å². The number of rotatable bonds is 3. The van der Waals surface area contributed by atoms with E-state index >= 15 is 0 Å². The summed E-state index contributed by atoms with van der Waals surface area (Å²) < 4.78 is 4.64. The number of fused-ring (bicyclic) bond motifs is 8. The number of dihydropyridines is 2. The Morgan fingerprint density at radius 3 is 2.56 bits per heavy atom. The number of hydrogen-bond donors (Lipinski definition) is 2. The Hall–Kier alpha value is -5.94. The first-order valence-electron chi connectivity index (χ1n) is 16.8. The summed E-state index contributed by atoms with van der Waals surface area (Å²) in [6, 6.07) is 29.6. The molecule has 1 unspecified atom stereocenters. The number of aromatic nitrogens is 2. The minimum Gasteiger partial charge on any atom is -0.368 e. The van der Waals surface area contributed by atoms with E-state index in [0.717, 1.165) is 12.4 Å². The minimum absolute atomic E-state index is 0.0548. The van der Waals surface area contributed by atoms with Crippen LogP contribution in [0.25, 0.3) is 55.1 Å². The molecule has 0 radical (unpaired) electrons. The van der Waals surface area contributed by atoms with Gasteiger partial charge in [0.2, 0.25) is 0 Å². The highest BCUT2D eigenvalue weighted by Gasteiger charge is 2.39. The van der Waals surface area contributed by atoms with Crippen molar-refractivity contribution in [1.29, 1.82) is 0 Å². The average Bonchev–Trinajstić information content (AvgIpc) is 3.81. The zero-order chi connectivity index (χ0) is 32.0. The second kappa shape index (κ2) is 10.0. The molecule has 0 saturated carbocycles. The molecule has 0 bridgehead atoms. The quantitative estimate of drug-likeness (QED) is 0.207. The van der Waals surface area contributed by atoms with E-state index in [0.29, 0.717) is 0 Å². The fourth-order valence-electron chi connectivity index (χ4n) is 8.11. The van der Waals surface area contributed by atoms with Crippen molar-refractivity contribution in [3.8, 4) is 11.1 Å². The fraction of sp³-hybridized carbons (Fsp3) is 0.116. The van der Waals surface area contributed by atoms with Gasteiger partial charge in [-0.25, -0.2) is 0 Å². The van der Waals surface area contributed by atoms with E-state index in [9.17, 15) is 0 Å². The van der Waals surface area contributed by atoms with Crippen LogP contribution in [-0.2, 0) is 0 Å². The van der Waals surface area contributed by atoms with Crippen LogP contribution >= 0.6 is 0 Å². The van der Waals surface area contributed by atoms with Crippen molar-refractivity contribution in [3.63, 3.8) is 0 Å². The highest BCUT2D eigenvalue weighted by atomic mass is 15.2. The number of allylic oxidation sites excluding steroid dienone is 7. The topological polar surface area (TPSA) is 37.2 Å². The van der Waals surface area contributed by atoms with E-state index in [2.05, 4.69) is 172 Å². The van der Waals surface area contributed by atoms with Gasteiger partial charge in [0, 0.05) is 57.6 Å². The summed E-state index contributed by atoms with van der Waals surface area (Å²) >= 11 is 0. The Morgan fingerprint density at radius 1 is 0.792 bits per heavy atom. The molecule has 4 aliphatic rings. The number of nitrogens with one attached hydrogen (secondary N) is 2. The second-order valence-electron chi connectivity index (χ2n) is 13.7. The Bertz CT molecular complexity index is 2520. The summed E-state index contributed by atoms with van der Waals surface area (Å²) in [6.07, 6.45) is 24.0. The Kier molecular flexibility index (Phi) is 5.68. The van der Waals surface area contributed by atoms with Gasteiger partial charge in [0.15, 0.2) is 0 Å². The average molecular weight is 622 g/mol. The van der Waals surface area contributed by atoms with E-state index in [1.54, 1.807) is 0 Å². The minimum atomic E-state index is -0.195. The van der Waals surface area contributed by atoms with Gasteiger partial charge in [0.25, 0.3) is 0 Å². The number of hydrogen-bond acceptors (Lipinski definition) is 3. The zero-order valence-corrected chi connectivity index (χ0v) is 27.0. The predicted molar refractivity (Wildman–Crippen MR) is 201 cm³/mol. The van der Waals surface area contributed by atoms with Crippen molar-refractivity contribution in [2.24, 2.45) is 5.41 Å². The summed E-state index contributed by atoms with van der Waals surface area (Å²) in [5.74, 6) is 1.09. The van der Waals surface area contributed by atoms with Crippen molar-refractivity contribution in [1.82, 2.24) is 19.8 Å². The molecule has 232 valence electrons. The van der Waals surface area contributed by atoms with Crippen LogP contribution in [0.3, 0.4) is 0 Å². The molecule has 0 saturated heterocycles. The zero-order valence-electron chi connectivity index (χ0n) is 27.0. The molecule has 5 heteroatoms. The molecule has 48 heavy (non-hydrogen) atoms. The molecule has 3 aliphatic heterocycles. The maximum atomic E-state index is 3.57. The van der Waals surface area contributed by atoms with Crippen LogP contribution in [0.1, 0.15) is 25.6 Å². The molecular weight excluding hydrogens is 587 g/mol. The van der Waals surface area contributed by atoms with Crippen molar-refractivity contribution in [2.75, 3.05) is 11.4 Å².